The molecular formula is C35H42N6O6. The predicted octanol–water partition coefficient (Wildman–Crippen LogP) is 5.02. The van der Waals surface area contributed by atoms with Crippen LogP contribution in [0.1, 0.15) is 11.1 Å². The first kappa shape index (κ1) is 32.2. The van der Waals surface area contributed by atoms with E-state index < -0.39 is 6.41 Å². The van der Waals surface area contributed by atoms with Crippen LogP contribution in [0, 0.1) is 13.8 Å². The number of ether oxygens (including phenoxy) is 5. The molecule has 47 heavy (non-hydrogen) atoms. The molecule has 0 radical (unpaired) electrons. The van der Waals surface area contributed by atoms with E-state index >= 15 is 0 Å². The van der Waals surface area contributed by atoms with Crippen LogP contribution in [0.5, 0.6) is 17.2 Å². The largest absolute Gasteiger partial charge is 0.497 e. The average Bonchev–Trinajstić information content (AvgIpc) is 3.11. The molecule has 0 spiro atoms. The van der Waals surface area contributed by atoms with Gasteiger partial charge < -0.3 is 43.9 Å². The van der Waals surface area contributed by atoms with Crippen molar-refractivity contribution in [1.82, 2.24) is 9.97 Å². The summed E-state index contributed by atoms with van der Waals surface area (Å²) in [7, 11) is 3.15. The molecule has 12 heteroatoms. The van der Waals surface area contributed by atoms with Crippen molar-refractivity contribution < 1.29 is 28.8 Å². The maximum absolute atomic E-state index is 11.7. The molecule has 248 valence electrons. The number of anilines is 6. The zero-order valence-corrected chi connectivity index (χ0v) is 27.3. The summed E-state index contributed by atoms with van der Waals surface area (Å²) in [5, 5.41) is 15.1. The van der Waals surface area contributed by atoms with Gasteiger partial charge in [0.05, 0.1) is 46.3 Å². The third-order valence-electron chi connectivity index (χ3n) is 8.30. The lowest BCUT2D eigenvalue weighted by molar-refractivity contribution is -0.0121. The monoisotopic (exact) mass is 642 g/mol. The Bertz CT molecular complexity index is 1600. The normalized spacial score (nSPS) is 15.6. The molecule has 0 amide bonds. The van der Waals surface area contributed by atoms with E-state index in [1.807, 2.05) is 32.0 Å². The lowest BCUT2D eigenvalue weighted by Crippen LogP contribution is -2.38. The van der Waals surface area contributed by atoms with E-state index in [9.17, 15) is 5.11 Å². The molecule has 0 aliphatic carbocycles. The number of hydrogen-bond donors (Lipinski definition) is 2. The summed E-state index contributed by atoms with van der Waals surface area (Å²) in [5.74, 6) is 2.40. The average molecular weight is 643 g/mol. The van der Waals surface area contributed by atoms with E-state index in [-0.39, 0.29) is 0 Å². The summed E-state index contributed by atoms with van der Waals surface area (Å²) < 4.78 is 28.6. The highest BCUT2D eigenvalue weighted by atomic mass is 16.6. The summed E-state index contributed by atoms with van der Waals surface area (Å²) in [6.45, 7) is 9.89. The van der Waals surface area contributed by atoms with Crippen molar-refractivity contribution in [2.45, 2.75) is 20.3 Å². The molecule has 2 fully saturated rings. The first-order valence-electron chi connectivity index (χ1n) is 15.8. The van der Waals surface area contributed by atoms with Gasteiger partial charge in [0, 0.05) is 55.5 Å². The number of rotatable bonds is 11. The standard InChI is InChI=1S/C35H42N6O6/c1-24-6-5-7-25(2)33(24)47-35(42)41(30-9-8-29(43-3)23-31(30)44-4)32-10-11-36-34(38-32)37-26-20-27(39-12-16-45-17-13-39)22-28(21-26)40-14-18-46-19-15-40/h5-11,20-23,35,42H,12-19H2,1-4H3,(H,36,37,38). The van der Waals surface area contributed by atoms with Crippen LogP contribution >= 0.6 is 0 Å². The first-order chi connectivity index (χ1) is 22.9. The van der Waals surface area contributed by atoms with Gasteiger partial charge in [0.2, 0.25) is 5.95 Å². The highest BCUT2D eigenvalue weighted by Crippen LogP contribution is 2.38. The van der Waals surface area contributed by atoms with E-state index in [0.29, 0.717) is 61.1 Å². The molecule has 1 unspecified atom stereocenters. The molecule has 3 aromatic carbocycles. The zero-order chi connectivity index (χ0) is 32.8. The number of nitrogens with zero attached hydrogens (tertiary/aromatic N) is 5. The summed E-state index contributed by atoms with van der Waals surface area (Å²) in [5.41, 5.74) is 5.35. The maximum Gasteiger partial charge on any atom is 0.287 e. The topological polar surface area (TPSA) is 114 Å². The number of aliphatic hydroxyl groups excluding tert-OH is 1. The highest BCUT2D eigenvalue weighted by Gasteiger charge is 2.27. The van der Waals surface area contributed by atoms with Crippen LogP contribution in [0.15, 0.2) is 66.9 Å². The van der Waals surface area contributed by atoms with E-state index in [1.165, 1.54) is 0 Å². The SMILES string of the molecule is COc1ccc(N(c2ccnc(Nc3cc(N4CCOCC4)cc(N4CCOCC4)c3)n2)C(O)Oc2c(C)cccc2C)c(OC)c1. The Hall–Kier alpha value is -4.78. The van der Waals surface area contributed by atoms with Crippen molar-refractivity contribution in [3.63, 3.8) is 0 Å². The first-order valence-corrected chi connectivity index (χ1v) is 15.8. The number of nitrogens with one attached hydrogen (secondary N) is 1. The van der Waals surface area contributed by atoms with Crippen LogP contribution < -0.4 is 34.2 Å². The molecular weight excluding hydrogens is 600 g/mol. The van der Waals surface area contributed by atoms with Crippen LogP contribution in [0.3, 0.4) is 0 Å². The molecule has 2 aliphatic heterocycles. The molecule has 1 atom stereocenters. The molecule has 4 aromatic rings. The van der Waals surface area contributed by atoms with Gasteiger partial charge in [0.1, 0.15) is 23.1 Å². The Labute approximate surface area is 275 Å². The van der Waals surface area contributed by atoms with Gasteiger partial charge in [-0.1, -0.05) is 18.2 Å². The van der Waals surface area contributed by atoms with Gasteiger partial charge in [0.25, 0.3) is 6.41 Å². The van der Waals surface area contributed by atoms with Crippen molar-refractivity contribution in [2.75, 3.05) is 86.8 Å². The van der Waals surface area contributed by atoms with E-state index in [2.05, 4.69) is 38.3 Å². The number of para-hydroxylation sites is 1. The third-order valence-corrected chi connectivity index (χ3v) is 8.30. The molecule has 3 heterocycles. The Kier molecular flexibility index (Phi) is 10.1. The van der Waals surface area contributed by atoms with Crippen LogP contribution in [0.25, 0.3) is 0 Å². The van der Waals surface area contributed by atoms with Crippen LogP contribution in [0.4, 0.5) is 34.5 Å². The second kappa shape index (κ2) is 14.8. The summed E-state index contributed by atoms with van der Waals surface area (Å²) in [4.78, 5) is 15.6. The summed E-state index contributed by atoms with van der Waals surface area (Å²) in [6, 6.07) is 19.3. The van der Waals surface area contributed by atoms with Gasteiger partial charge in [0.15, 0.2) is 0 Å². The maximum atomic E-state index is 11.7. The van der Waals surface area contributed by atoms with Crippen LogP contribution in [0.2, 0.25) is 0 Å². The van der Waals surface area contributed by atoms with Crippen molar-refractivity contribution in [3.8, 4) is 17.2 Å². The molecule has 2 aliphatic rings. The van der Waals surface area contributed by atoms with Gasteiger partial charge in [-0.3, -0.25) is 4.90 Å². The lowest BCUT2D eigenvalue weighted by Gasteiger charge is -2.33. The highest BCUT2D eigenvalue weighted by molar-refractivity contribution is 5.73. The molecule has 12 nitrogen and oxygen atoms in total. The van der Waals surface area contributed by atoms with Gasteiger partial charge in [-0.05, 0) is 61.4 Å². The predicted molar refractivity (Wildman–Crippen MR) is 182 cm³/mol. The van der Waals surface area contributed by atoms with Crippen molar-refractivity contribution in [3.05, 3.63) is 78.0 Å². The molecule has 0 bridgehead atoms. The minimum Gasteiger partial charge on any atom is -0.497 e. The number of benzene rings is 3. The Morgan fingerprint density at radius 3 is 2.06 bits per heavy atom. The Morgan fingerprint density at radius 1 is 0.830 bits per heavy atom. The second-order valence-corrected chi connectivity index (χ2v) is 11.4. The number of hydrogen-bond acceptors (Lipinski definition) is 12. The molecule has 6 rings (SSSR count). The zero-order valence-electron chi connectivity index (χ0n) is 27.3. The summed E-state index contributed by atoms with van der Waals surface area (Å²) in [6.07, 6.45) is 0.186. The summed E-state index contributed by atoms with van der Waals surface area (Å²) >= 11 is 0. The Morgan fingerprint density at radius 2 is 1.47 bits per heavy atom. The molecule has 1 aromatic heterocycles. The minimum absolute atomic E-state index is 0.353. The van der Waals surface area contributed by atoms with E-state index in [1.54, 1.807) is 49.6 Å². The van der Waals surface area contributed by atoms with Crippen LogP contribution in [-0.2, 0) is 9.47 Å². The molecule has 2 saturated heterocycles. The van der Waals surface area contributed by atoms with Crippen molar-refractivity contribution in [2.24, 2.45) is 0 Å². The second-order valence-electron chi connectivity index (χ2n) is 11.4. The number of methoxy groups -OCH3 is 2. The number of aliphatic hydroxyl groups is 1. The number of aromatic nitrogens is 2. The van der Waals surface area contributed by atoms with Crippen molar-refractivity contribution in [1.29, 1.82) is 0 Å². The quantitative estimate of drug-likeness (QED) is 0.214. The smallest absolute Gasteiger partial charge is 0.287 e. The van der Waals surface area contributed by atoms with Gasteiger partial charge in [-0.25, -0.2) is 4.98 Å². The fourth-order valence-electron chi connectivity index (χ4n) is 5.83. The molecule has 0 saturated carbocycles. The third kappa shape index (κ3) is 7.46. The lowest BCUT2D eigenvalue weighted by atomic mass is 10.1. The Balaban J connectivity index is 1.36. The molecule has 2 N–H and O–H groups in total. The van der Waals surface area contributed by atoms with Gasteiger partial charge >= 0.3 is 0 Å². The fourth-order valence-corrected chi connectivity index (χ4v) is 5.83. The van der Waals surface area contributed by atoms with Crippen molar-refractivity contribution >= 4 is 34.5 Å². The number of aryl methyl sites for hydroxylation is 2. The van der Waals surface area contributed by atoms with E-state index in [4.69, 9.17) is 28.7 Å². The van der Waals surface area contributed by atoms with Gasteiger partial charge in [-0.2, -0.15) is 4.98 Å². The van der Waals surface area contributed by atoms with Gasteiger partial charge in [-0.15, -0.1) is 0 Å². The minimum atomic E-state index is -1.46. The van der Waals surface area contributed by atoms with E-state index in [0.717, 1.165) is 54.4 Å². The fraction of sp³-hybridized carbons (Fsp3) is 0.371. The van der Waals surface area contributed by atoms with Crippen LogP contribution in [-0.4, -0.2) is 88.3 Å². The number of morpholine rings is 2.